The van der Waals surface area contributed by atoms with Crippen molar-refractivity contribution in [3.63, 3.8) is 0 Å². The van der Waals surface area contributed by atoms with Gasteiger partial charge in [-0.2, -0.15) is 5.26 Å². The lowest BCUT2D eigenvalue weighted by Crippen LogP contribution is -2.35. The Kier molecular flexibility index (Phi) is 6.28. The molecule has 0 aliphatic rings. The van der Waals surface area contributed by atoms with Crippen molar-refractivity contribution in [2.45, 2.75) is 13.8 Å². The molecule has 0 aliphatic heterocycles. The molecule has 0 N–H and O–H groups in total. The average Bonchev–Trinajstić information content (AvgIpc) is 3.05. The number of carbonyl (C=O) groups excluding carboxylic acids is 2. The van der Waals surface area contributed by atoms with Crippen LogP contribution < -0.4 is 4.90 Å². The van der Waals surface area contributed by atoms with E-state index in [1.807, 2.05) is 17.6 Å². The highest BCUT2D eigenvalue weighted by Crippen LogP contribution is 2.22. The van der Waals surface area contributed by atoms with Crippen molar-refractivity contribution in [1.82, 2.24) is 4.57 Å². The fourth-order valence-corrected chi connectivity index (χ4v) is 3.24. The molecule has 7 heteroatoms. The Bertz CT molecular complexity index is 1100. The lowest BCUT2D eigenvalue weighted by Gasteiger charge is -2.19. The van der Waals surface area contributed by atoms with Gasteiger partial charge < -0.3 is 9.30 Å². The maximum absolute atomic E-state index is 13.2. The summed E-state index contributed by atoms with van der Waals surface area (Å²) in [5.41, 5.74) is 2.97. The number of nitriles is 1. The number of halogens is 1. The molecule has 3 rings (SSSR count). The van der Waals surface area contributed by atoms with Gasteiger partial charge in [0.05, 0.1) is 11.6 Å². The van der Waals surface area contributed by atoms with Crippen LogP contribution in [-0.4, -0.2) is 29.6 Å². The number of aryl methyl sites for hydroxylation is 1. The van der Waals surface area contributed by atoms with Gasteiger partial charge in [-0.15, -0.1) is 0 Å². The van der Waals surface area contributed by atoms with Gasteiger partial charge >= 0.3 is 5.97 Å². The minimum atomic E-state index is -0.644. The number of rotatable bonds is 6. The van der Waals surface area contributed by atoms with Crippen LogP contribution in [0, 0.1) is 31.0 Å². The lowest BCUT2D eigenvalue weighted by atomic mass is 10.2. The van der Waals surface area contributed by atoms with Gasteiger partial charge in [-0.1, -0.05) is 18.2 Å². The third kappa shape index (κ3) is 4.39. The van der Waals surface area contributed by atoms with Gasteiger partial charge in [-0.25, -0.2) is 9.18 Å². The monoisotopic (exact) mass is 405 g/mol. The Morgan fingerprint density at radius 2 is 1.77 bits per heavy atom. The highest BCUT2D eigenvalue weighted by atomic mass is 19.1. The molecule has 1 heterocycles. The molecule has 0 fully saturated rings. The summed E-state index contributed by atoms with van der Waals surface area (Å²) in [5, 5.41) is 9.02. The third-order valence-corrected chi connectivity index (χ3v) is 4.66. The molecule has 0 aliphatic carbocycles. The van der Waals surface area contributed by atoms with E-state index in [9.17, 15) is 14.0 Å². The summed E-state index contributed by atoms with van der Waals surface area (Å²) >= 11 is 0. The fraction of sp³-hybridized carbons (Fsp3) is 0.174. The van der Waals surface area contributed by atoms with E-state index in [-0.39, 0.29) is 12.4 Å². The van der Waals surface area contributed by atoms with Crippen LogP contribution in [0.4, 0.5) is 10.1 Å². The number of esters is 1. The van der Waals surface area contributed by atoms with Crippen molar-refractivity contribution < 1.29 is 18.7 Å². The number of para-hydroxylation sites is 1. The standard InChI is InChI=1S/C23H20FN3O3/c1-16-14-21(17(2)27(16)20-10-8-18(24)9-11-20)23(29)30-15-22(28)26(13-12-25)19-6-4-3-5-7-19/h3-11,14H,13,15H2,1-2H3. The maximum atomic E-state index is 13.2. The molecule has 2 aromatic carbocycles. The van der Waals surface area contributed by atoms with E-state index in [2.05, 4.69) is 0 Å². The van der Waals surface area contributed by atoms with E-state index >= 15 is 0 Å². The molecule has 0 atom stereocenters. The minimum Gasteiger partial charge on any atom is -0.452 e. The molecule has 152 valence electrons. The molecule has 1 amide bonds. The molecule has 0 saturated heterocycles. The SMILES string of the molecule is Cc1cc(C(=O)OCC(=O)N(CC#N)c2ccccc2)c(C)n1-c1ccc(F)cc1. The number of benzene rings is 2. The first-order valence-corrected chi connectivity index (χ1v) is 9.26. The highest BCUT2D eigenvalue weighted by Gasteiger charge is 2.21. The van der Waals surface area contributed by atoms with Gasteiger partial charge in [0.15, 0.2) is 6.61 Å². The van der Waals surface area contributed by atoms with Crippen LogP contribution in [0.5, 0.6) is 0 Å². The quantitative estimate of drug-likeness (QED) is 0.460. The molecular formula is C23H20FN3O3. The third-order valence-electron chi connectivity index (χ3n) is 4.66. The van der Waals surface area contributed by atoms with Crippen molar-refractivity contribution in [2.24, 2.45) is 0 Å². The number of aromatic nitrogens is 1. The predicted octanol–water partition coefficient (Wildman–Crippen LogP) is 3.95. The second-order valence-electron chi connectivity index (χ2n) is 6.65. The summed E-state index contributed by atoms with van der Waals surface area (Å²) in [6, 6.07) is 18.2. The number of ether oxygens (including phenoxy) is 1. The van der Waals surface area contributed by atoms with Gasteiger partial charge in [0.2, 0.25) is 0 Å². The number of carbonyl (C=O) groups is 2. The molecule has 0 spiro atoms. The number of hydrogen-bond donors (Lipinski definition) is 0. The Morgan fingerprint density at radius 3 is 2.40 bits per heavy atom. The fourth-order valence-electron chi connectivity index (χ4n) is 3.24. The van der Waals surface area contributed by atoms with Gasteiger partial charge in [-0.05, 0) is 56.3 Å². The highest BCUT2D eigenvalue weighted by molar-refractivity contribution is 5.97. The molecule has 0 unspecified atom stereocenters. The van der Waals surface area contributed by atoms with Gasteiger partial charge in [0.1, 0.15) is 12.4 Å². The average molecular weight is 405 g/mol. The number of amides is 1. The first-order chi connectivity index (χ1) is 14.4. The summed E-state index contributed by atoms with van der Waals surface area (Å²) in [7, 11) is 0. The van der Waals surface area contributed by atoms with E-state index < -0.39 is 18.5 Å². The van der Waals surface area contributed by atoms with Crippen LogP contribution in [-0.2, 0) is 9.53 Å². The van der Waals surface area contributed by atoms with Crippen molar-refractivity contribution in [2.75, 3.05) is 18.1 Å². The molecule has 0 bridgehead atoms. The predicted molar refractivity (Wildman–Crippen MR) is 110 cm³/mol. The summed E-state index contributed by atoms with van der Waals surface area (Å²) in [6.07, 6.45) is 0. The van der Waals surface area contributed by atoms with Crippen LogP contribution in [0.2, 0.25) is 0 Å². The topological polar surface area (TPSA) is 75.3 Å². The second kappa shape index (κ2) is 9.05. The van der Waals surface area contributed by atoms with E-state index in [0.717, 1.165) is 5.69 Å². The molecular weight excluding hydrogens is 385 g/mol. The molecule has 0 radical (unpaired) electrons. The van der Waals surface area contributed by atoms with Crippen LogP contribution >= 0.6 is 0 Å². The Hall–Kier alpha value is -3.92. The van der Waals surface area contributed by atoms with Gasteiger partial charge in [0.25, 0.3) is 5.91 Å². The minimum absolute atomic E-state index is 0.153. The number of nitrogens with zero attached hydrogens (tertiary/aromatic N) is 3. The molecule has 6 nitrogen and oxygen atoms in total. The van der Waals surface area contributed by atoms with Gasteiger partial charge in [0, 0.05) is 22.8 Å². The maximum Gasteiger partial charge on any atom is 0.340 e. The molecule has 1 aromatic heterocycles. The summed E-state index contributed by atoms with van der Waals surface area (Å²) in [5.74, 6) is -1.49. The lowest BCUT2D eigenvalue weighted by molar-refractivity contribution is -0.121. The smallest absolute Gasteiger partial charge is 0.340 e. The zero-order valence-corrected chi connectivity index (χ0v) is 16.6. The number of anilines is 1. The molecule has 30 heavy (non-hydrogen) atoms. The molecule has 3 aromatic rings. The number of hydrogen-bond acceptors (Lipinski definition) is 4. The zero-order valence-electron chi connectivity index (χ0n) is 16.6. The van der Waals surface area contributed by atoms with Crippen LogP contribution in [0.3, 0.4) is 0 Å². The van der Waals surface area contributed by atoms with E-state index in [1.165, 1.54) is 17.0 Å². The Labute approximate surface area is 173 Å². The van der Waals surface area contributed by atoms with Crippen LogP contribution in [0.1, 0.15) is 21.7 Å². The van der Waals surface area contributed by atoms with Crippen molar-refractivity contribution >= 4 is 17.6 Å². The van der Waals surface area contributed by atoms with E-state index in [1.54, 1.807) is 55.5 Å². The van der Waals surface area contributed by atoms with Crippen molar-refractivity contribution in [3.05, 3.63) is 83.4 Å². The van der Waals surface area contributed by atoms with Gasteiger partial charge in [-0.3, -0.25) is 9.69 Å². The first kappa shape index (κ1) is 20.8. The van der Waals surface area contributed by atoms with E-state index in [0.29, 0.717) is 22.6 Å². The summed E-state index contributed by atoms with van der Waals surface area (Å²) < 4.78 is 20.3. The summed E-state index contributed by atoms with van der Waals surface area (Å²) in [6.45, 7) is 2.93. The Balaban J connectivity index is 1.75. The van der Waals surface area contributed by atoms with Crippen LogP contribution in [0.25, 0.3) is 5.69 Å². The van der Waals surface area contributed by atoms with Crippen molar-refractivity contribution in [1.29, 1.82) is 5.26 Å². The summed E-state index contributed by atoms with van der Waals surface area (Å²) in [4.78, 5) is 26.4. The zero-order chi connectivity index (χ0) is 21.7. The first-order valence-electron chi connectivity index (χ1n) is 9.26. The second-order valence-corrected chi connectivity index (χ2v) is 6.65. The normalized spacial score (nSPS) is 10.3. The van der Waals surface area contributed by atoms with Crippen molar-refractivity contribution in [3.8, 4) is 11.8 Å². The van der Waals surface area contributed by atoms with E-state index in [4.69, 9.17) is 10.00 Å². The largest absolute Gasteiger partial charge is 0.452 e. The Morgan fingerprint density at radius 1 is 1.10 bits per heavy atom. The van der Waals surface area contributed by atoms with Crippen LogP contribution in [0.15, 0.2) is 60.7 Å². The molecule has 0 saturated carbocycles.